The molecule has 52 heavy (non-hydrogen) atoms. The van der Waals surface area contributed by atoms with E-state index in [4.69, 9.17) is 45.3 Å². The molecule has 8 bridgehead atoms. The number of rotatable bonds is 16. The Kier molecular flexibility index (Phi) is 13.9. The summed E-state index contributed by atoms with van der Waals surface area (Å²) in [5, 5.41) is 0. The van der Waals surface area contributed by atoms with E-state index in [1.165, 1.54) is 0 Å². The molecule has 0 spiro atoms. The minimum atomic E-state index is -4.97. The van der Waals surface area contributed by atoms with E-state index in [1.54, 1.807) is 0 Å². The van der Waals surface area contributed by atoms with E-state index in [0.717, 1.165) is 0 Å². The van der Waals surface area contributed by atoms with Crippen molar-refractivity contribution in [3.05, 3.63) is 0 Å². The summed E-state index contributed by atoms with van der Waals surface area (Å²) in [5.41, 5.74) is 0. The molecule has 6 saturated heterocycles. The van der Waals surface area contributed by atoms with E-state index in [2.05, 4.69) is 111 Å². The molecule has 6 aliphatic rings. The summed E-state index contributed by atoms with van der Waals surface area (Å²) >= 11 is -4.97. The van der Waals surface area contributed by atoms with Crippen molar-refractivity contribution in [2.24, 2.45) is 47.3 Å². The second-order valence-electron chi connectivity index (χ2n) is 19.5. The van der Waals surface area contributed by atoms with Crippen LogP contribution in [0.1, 0.15) is 111 Å². The molecule has 6 rings (SSSR count). The molecule has 0 atom stereocenters. The van der Waals surface area contributed by atoms with Gasteiger partial charge in [-0.15, -0.1) is 0 Å². The van der Waals surface area contributed by atoms with Gasteiger partial charge < -0.3 is 0 Å². The van der Waals surface area contributed by atoms with Gasteiger partial charge in [-0.2, -0.15) is 0 Å². The summed E-state index contributed by atoms with van der Waals surface area (Å²) in [6.45, 7) is 34.9. The molecule has 0 aliphatic carbocycles. The Balaban J connectivity index is 1.97. The minimum absolute atomic E-state index is 0.152. The van der Waals surface area contributed by atoms with Gasteiger partial charge in [0.05, 0.1) is 0 Å². The molecule has 12 nitrogen and oxygen atoms in total. The first-order chi connectivity index (χ1) is 23.8. The molecule has 0 N–H and O–H groups in total. The Morgan fingerprint density at radius 2 is 0.442 bits per heavy atom. The Morgan fingerprint density at radius 3 is 0.615 bits per heavy atom. The summed E-state index contributed by atoms with van der Waals surface area (Å²) in [6, 6.07) is 3.65. The van der Waals surface area contributed by atoms with Gasteiger partial charge in [-0.25, -0.2) is 0 Å². The monoisotopic (exact) mass is 964 g/mol. The van der Waals surface area contributed by atoms with Gasteiger partial charge >= 0.3 is 331 Å². The van der Waals surface area contributed by atoms with Gasteiger partial charge in [-0.05, 0) is 0 Å². The van der Waals surface area contributed by atoms with Crippen LogP contribution in [0.15, 0.2) is 0 Å². The van der Waals surface area contributed by atoms with Crippen LogP contribution in [0.3, 0.4) is 0 Å². The molecule has 6 aliphatic heterocycles. The second-order valence-corrected chi connectivity index (χ2v) is 50.2. The van der Waals surface area contributed by atoms with Gasteiger partial charge in [0.1, 0.15) is 0 Å². The fourth-order valence-corrected chi connectivity index (χ4v) is 78.9. The third kappa shape index (κ3) is 10.3. The Labute approximate surface area is 329 Å². The van der Waals surface area contributed by atoms with Crippen LogP contribution in [0.25, 0.3) is 0 Å². The third-order valence-corrected chi connectivity index (χ3v) is 62.2. The molecule has 6 fully saturated rings. The maximum atomic E-state index is 7.82. The third-order valence-electron chi connectivity index (χ3n) is 9.00. The van der Waals surface area contributed by atoms with E-state index in [1.807, 2.05) is 0 Å². The maximum absolute atomic E-state index is 7.82. The quantitative estimate of drug-likeness (QED) is 0.138. The van der Waals surface area contributed by atoms with Crippen molar-refractivity contribution >= 4 is 81.3 Å². The van der Waals surface area contributed by atoms with Crippen LogP contribution in [0, 0.1) is 47.3 Å². The van der Waals surface area contributed by atoms with E-state index in [-0.39, 0.29) is 47.3 Å². The zero-order chi connectivity index (χ0) is 38.8. The molecule has 0 saturated carbocycles. The Hall–Kier alpha value is 1.84. The van der Waals surface area contributed by atoms with Crippen molar-refractivity contribution in [3.63, 3.8) is 0 Å². The predicted molar refractivity (Wildman–Crippen MR) is 216 cm³/mol. The van der Waals surface area contributed by atoms with Crippen LogP contribution in [0.4, 0.5) is 0 Å². The normalized spacial score (nSPS) is 42.0. The predicted octanol–water partition coefficient (Wildman–Crippen LogP) is 9.01. The van der Waals surface area contributed by atoms with Crippen molar-refractivity contribution in [3.8, 4) is 0 Å². The molecule has 6 heterocycles. The van der Waals surface area contributed by atoms with Crippen molar-refractivity contribution in [2.45, 2.75) is 158 Å². The number of hydrogen-bond donors (Lipinski definition) is 0. The zero-order valence-corrected chi connectivity index (χ0v) is 45.0. The van der Waals surface area contributed by atoms with Gasteiger partial charge in [0.2, 0.25) is 0 Å². The fraction of sp³-hybridized carbons (Fsp3) is 1.00. The summed E-state index contributed by atoms with van der Waals surface area (Å²) in [6.07, 6.45) is 0. The van der Waals surface area contributed by atoms with E-state index in [9.17, 15) is 0 Å². The summed E-state index contributed by atoms with van der Waals surface area (Å²) < 4.78 is 93.9. The average molecular weight is 964 g/mol. The number of hydrogen-bond acceptors (Lipinski definition) is 12. The first-order valence-corrected chi connectivity index (χ1v) is 39.3. The summed E-state index contributed by atoms with van der Waals surface area (Å²) in [4.78, 5) is 0. The topological polar surface area (TPSA) is 111 Å². The molecule has 0 aromatic rings. The second kappa shape index (κ2) is 16.1. The molecule has 0 unspecified atom stereocenters. The van der Waals surface area contributed by atoms with Gasteiger partial charge in [0.25, 0.3) is 0 Å². The van der Waals surface area contributed by atoms with Crippen LogP contribution >= 0.6 is 0 Å². The average Bonchev–Trinajstić information content (AvgIpc) is 2.79. The van der Waals surface area contributed by atoms with Crippen LogP contribution in [-0.4, -0.2) is 81.3 Å². The molecule has 0 aromatic heterocycles. The van der Waals surface area contributed by atoms with Gasteiger partial charge in [0.15, 0.2) is 0 Å². The summed E-state index contributed by atoms with van der Waals surface area (Å²) in [7, 11) is -26.8. The van der Waals surface area contributed by atoms with E-state index in [0.29, 0.717) is 46.7 Å². The van der Waals surface area contributed by atoms with Crippen molar-refractivity contribution in [1.82, 2.24) is 0 Å². The van der Waals surface area contributed by atoms with E-state index < -0.39 is 81.3 Å². The van der Waals surface area contributed by atoms with Crippen molar-refractivity contribution in [2.75, 3.05) is 0 Å². The molecular formula is C32H72O12Si7Sn. The standard InChI is InChI=1S/C28H63O12Si7.C4H9.Sn/c1-22(2)15-41(29)32-44(18-25(7)8)34-42(30,16-23(3)4)36-46(20-27(11)12)37-43(31,17-24(5)6)35-45(33-41,19-26(9)10)39-47(38-44,40-46)21-28(13)14;1-4(2)3;/h22-28H,15-21H2,1-14H3;4H,1H2,2-3H3;/q-3;;+3. The Morgan fingerprint density at radius 1 is 0.269 bits per heavy atom. The molecule has 0 amide bonds. The van der Waals surface area contributed by atoms with Crippen LogP contribution in [0.2, 0.25) is 46.7 Å². The van der Waals surface area contributed by atoms with Gasteiger partial charge in [-0.3, -0.25) is 0 Å². The van der Waals surface area contributed by atoms with Crippen molar-refractivity contribution in [1.29, 1.82) is 0 Å². The van der Waals surface area contributed by atoms with Gasteiger partial charge in [0, 0.05) is 0 Å². The molecular weight excluding hydrogens is 892 g/mol. The SMILES string of the molecule is CC(C)C[Si]12O[Si]3(CC(C)C)O[Si]4(CC(C)C)O[Si](CC(C)C)(O1)O[Si]1(CC(C)C)O[Si](CC(C)C)(O2)O[Si](CC(C)C)(O3)[O][Sn]([CH2]C(C)C)([O]4)[O]1. The molecule has 0 aromatic carbocycles. The molecule has 20 heteroatoms. The van der Waals surface area contributed by atoms with Crippen LogP contribution in [0.5, 0.6) is 0 Å². The summed E-state index contributed by atoms with van der Waals surface area (Å²) in [5.74, 6) is 1.28. The van der Waals surface area contributed by atoms with Crippen LogP contribution < -0.4 is 0 Å². The van der Waals surface area contributed by atoms with Crippen molar-refractivity contribution < 1.29 is 45.3 Å². The Bertz CT molecular complexity index is 899. The fourth-order valence-electron chi connectivity index (χ4n) is 8.34. The first-order valence-electron chi connectivity index (χ1n) is 20.2. The zero-order valence-electron chi connectivity index (χ0n) is 35.2. The van der Waals surface area contributed by atoms with E-state index >= 15 is 0 Å². The first kappa shape index (κ1) is 44.9. The molecule has 0 radical (unpaired) electrons. The molecule has 304 valence electrons. The van der Waals surface area contributed by atoms with Gasteiger partial charge in [-0.1, -0.05) is 0 Å². The van der Waals surface area contributed by atoms with Crippen LogP contribution in [-0.2, 0) is 45.3 Å².